The number of hydrogen-bond acceptors (Lipinski definition) is 4. The Bertz CT molecular complexity index is 652. The van der Waals surface area contributed by atoms with Crippen LogP contribution in [0, 0.1) is 5.92 Å². The molecule has 0 aliphatic carbocycles. The summed E-state index contributed by atoms with van der Waals surface area (Å²) in [4.78, 5) is 37.1. The number of ether oxygens (including phenoxy) is 1. The van der Waals surface area contributed by atoms with Crippen LogP contribution in [0.5, 0.6) is 5.75 Å². The largest absolute Gasteiger partial charge is 0.484 e. The molecule has 0 atom stereocenters. The maximum atomic E-state index is 12.1. The normalized spacial score (nSPS) is 15.0. The van der Waals surface area contributed by atoms with Crippen molar-refractivity contribution >= 4 is 17.7 Å². The lowest BCUT2D eigenvalue weighted by atomic mass is 10.0. The van der Waals surface area contributed by atoms with Crippen LogP contribution in [0.25, 0.3) is 0 Å². The van der Waals surface area contributed by atoms with E-state index >= 15 is 0 Å². The lowest BCUT2D eigenvalue weighted by Gasteiger charge is -2.32. The summed E-state index contributed by atoms with van der Waals surface area (Å²) >= 11 is 0. The average molecular weight is 361 g/mol. The van der Waals surface area contributed by atoms with Crippen molar-refractivity contribution in [3.8, 4) is 5.75 Å². The summed E-state index contributed by atoms with van der Waals surface area (Å²) in [5.41, 5.74) is 5.55. The van der Waals surface area contributed by atoms with Crippen molar-refractivity contribution in [3.05, 3.63) is 29.8 Å². The molecule has 0 spiro atoms. The van der Waals surface area contributed by atoms with Crippen LogP contribution in [-0.4, -0.2) is 48.4 Å². The Morgan fingerprint density at radius 3 is 2.58 bits per heavy atom. The highest BCUT2D eigenvalue weighted by Gasteiger charge is 2.24. The molecule has 1 aromatic carbocycles. The van der Waals surface area contributed by atoms with Crippen LogP contribution < -0.4 is 15.8 Å². The highest BCUT2D eigenvalue weighted by atomic mass is 16.5. The first kappa shape index (κ1) is 19.8. The number of piperidine rings is 1. The predicted molar refractivity (Wildman–Crippen MR) is 97.7 cm³/mol. The molecule has 0 bridgehead atoms. The number of primary amides is 1. The highest BCUT2D eigenvalue weighted by Crippen LogP contribution is 2.15. The Morgan fingerprint density at radius 2 is 1.96 bits per heavy atom. The van der Waals surface area contributed by atoms with Gasteiger partial charge in [-0.2, -0.15) is 0 Å². The summed E-state index contributed by atoms with van der Waals surface area (Å²) in [6.45, 7) is 5.26. The lowest BCUT2D eigenvalue weighted by molar-refractivity contribution is -0.133. The van der Waals surface area contributed by atoms with Gasteiger partial charge in [0.05, 0.1) is 0 Å². The average Bonchev–Trinajstić information content (AvgIpc) is 2.60. The molecule has 2 rings (SSSR count). The number of hydrogen-bond donors (Lipinski definition) is 2. The van der Waals surface area contributed by atoms with Gasteiger partial charge >= 0.3 is 0 Å². The summed E-state index contributed by atoms with van der Waals surface area (Å²) in [5.74, 6) is 0.193. The number of carbonyl (C=O) groups excluding carboxylic acids is 3. The van der Waals surface area contributed by atoms with E-state index in [0.29, 0.717) is 36.7 Å². The number of rotatable bonds is 7. The van der Waals surface area contributed by atoms with Gasteiger partial charge in [-0.25, -0.2) is 0 Å². The summed E-state index contributed by atoms with van der Waals surface area (Å²) in [6.07, 6.45) is 2.05. The van der Waals surface area contributed by atoms with E-state index in [-0.39, 0.29) is 24.5 Å². The first-order valence-corrected chi connectivity index (χ1v) is 8.95. The lowest BCUT2D eigenvalue weighted by Crippen LogP contribution is -2.47. The Morgan fingerprint density at radius 1 is 1.27 bits per heavy atom. The van der Waals surface area contributed by atoms with Crippen molar-refractivity contribution in [2.24, 2.45) is 11.7 Å². The van der Waals surface area contributed by atoms with Crippen molar-refractivity contribution < 1.29 is 19.1 Å². The maximum absolute atomic E-state index is 12.1. The van der Waals surface area contributed by atoms with Crippen LogP contribution in [0.3, 0.4) is 0 Å². The van der Waals surface area contributed by atoms with E-state index in [1.807, 2.05) is 18.7 Å². The fraction of sp³-hybridized carbons (Fsp3) is 0.526. The van der Waals surface area contributed by atoms with Crippen molar-refractivity contribution in [1.82, 2.24) is 10.2 Å². The molecule has 0 unspecified atom stereocenters. The maximum Gasteiger partial charge on any atom is 0.258 e. The van der Waals surface area contributed by atoms with Gasteiger partial charge in [0.1, 0.15) is 5.75 Å². The third-order valence-electron chi connectivity index (χ3n) is 4.28. The SMILES string of the molecule is CC(C)CC(=O)N1CCC(NC(=O)COc2cccc(C(N)=O)c2)CC1. The van der Waals surface area contributed by atoms with Crippen LogP contribution in [0.1, 0.15) is 43.5 Å². The van der Waals surface area contributed by atoms with Gasteiger partial charge in [0, 0.05) is 31.1 Å². The number of nitrogens with zero attached hydrogens (tertiary/aromatic N) is 1. The Balaban J connectivity index is 1.73. The molecular weight excluding hydrogens is 334 g/mol. The molecule has 1 aliphatic heterocycles. The first-order chi connectivity index (χ1) is 12.3. The van der Waals surface area contributed by atoms with Crippen LogP contribution >= 0.6 is 0 Å². The Kier molecular flexibility index (Phi) is 7.00. The third-order valence-corrected chi connectivity index (χ3v) is 4.28. The molecule has 0 aromatic heterocycles. The molecule has 1 aromatic rings. The van der Waals surface area contributed by atoms with Crippen LogP contribution in [0.2, 0.25) is 0 Å². The van der Waals surface area contributed by atoms with Gasteiger partial charge in [0.15, 0.2) is 6.61 Å². The summed E-state index contributed by atoms with van der Waals surface area (Å²) in [5, 5.41) is 2.93. The zero-order valence-corrected chi connectivity index (χ0v) is 15.4. The molecule has 0 radical (unpaired) electrons. The molecule has 7 nitrogen and oxygen atoms in total. The van der Waals surface area contributed by atoms with E-state index in [2.05, 4.69) is 5.32 Å². The number of nitrogens with one attached hydrogen (secondary N) is 1. The molecule has 0 saturated carbocycles. The second-order valence-electron chi connectivity index (χ2n) is 7.00. The van der Waals surface area contributed by atoms with E-state index in [1.54, 1.807) is 18.2 Å². The third kappa shape index (κ3) is 6.06. The van der Waals surface area contributed by atoms with Crippen molar-refractivity contribution in [1.29, 1.82) is 0 Å². The van der Waals surface area contributed by atoms with Crippen molar-refractivity contribution in [2.45, 2.75) is 39.2 Å². The fourth-order valence-corrected chi connectivity index (χ4v) is 2.91. The van der Waals surface area contributed by atoms with Gasteiger partial charge in [-0.1, -0.05) is 19.9 Å². The van der Waals surface area contributed by atoms with Crippen LogP contribution in [0.4, 0.5) is 0 Å². The second-order valence-corrected chi connectivity index (χ2v) is 7.00. The summed E-state index contributed by atoms with van der Waals surface area (Å²) < 4.78 is 5.42. The van der Waals surface area contributed by atoms with Crippen molar-refractivity contribution in [3.63, 3.8) is 0 Å². The van der Waals surface area contributed by atoms with Gasteiger partial charge in [-0.15, -0.1) is 0 Å². The van der Waals surface area contributed by atoms with E-state index in [9.17, 15) is 14.4 Å². The smallest absolute Gasteiger partial charge is 0.258 e. The van der Waals surface area contributed by atoms with E-state index in [4.69, 9.17) is 10.5 Å². The van der Waals surface area contributed by atoms with Gasteiger partial charge in [0.2, 0.25) is 11.8 Å². The quantitative estimate of drug-likeness (QED) is 0.764. The molecule has 142 valence electrons. The Hall–Kier alpha value is -2.57. The van der Waals surface area contributed by atoms with Gasteiger partial charge in [-0.05, 0) is 37.0 Å². The fourth-order valence-electron chi connectivity index (χ4n) is 2.91. The minimum Gasteiger partial charge on any atom is -0.484 e. The zero-order chi connectivity index (χ0) is 19.1. The zero-order valence-electron chi connectivity index (χ0n) is 15.4. The summed E-state index contributed by atoms with van der Waals surface area (Å²) in [7, 11) is 0. The number of amides is 3. The minimum absolute atomic E-state index is 0.0474. The van der Waals surface area contributed by atoms with E-state index in [1.165, 1.54) is 6.07 Å². The van der Waals surface area contributed by atoms with Crippen molar-refractivity contribution in [2.75, 3.05) is 19.7 Å². The molecule has 1 saturated heterocycles. The molecule has 1 aliphatic rings. The second kappa shape index (κ2) is 9.22. The van der Waals surface area contributed by atoms with Crippen LogP contribution in [0.15, 0.2) is 24.3 Å². The molecule has 3 N–H and O–H groups in total. The monoisotopic (exact) mass is 361 g/mol. The topological polar surface area (TPSA) is 102 Å². The van der Waals surface area contributed by atoms with Gasteiger partial charge in [-0.3, -0.25) is 14.4 Å². The number of carbonyl (C=O) groups is 3. The highest BCUT2D eigenvalue weighted by molar-refractivity contribution is 5.93. The molecule has 26 heavy (non-hydrogen) atoms. The number of nitrogens with two attached hydrogens (primary N) is 1. The molecular formula is C19H27N3O4. The van der Waals surface area contributed by atoms with E-state index in [0.717, 1.165) is 12.8 Å². The Labute approximate surface area is 153 Å². The number of likely N-dealkylation sites (tertiary alicyclic amines) is 1. The van der Waals surface area contributed by atoms with E-state index < -0.39 is 5.91 Å². The first-order valence-electron chi connectivity index (χ1n) is 8.95. The number of benzene rings is 1. The standard InChI is InChI=1S/C19H27N3O4/c1-13(2)10-18(24)22-8-6-15(7-9-22)21-17(23)12-26-16-5-3-4-14(11-16)19(20)25/h3-5,11,13,15H,6-10,12H2,1-2H3,(H2,20,25)(H,21,23). The minimum atomic E-state index is -0.543. The van der Waals surface area contributed by atoms with Gasteiger partial charge < -0.3 is 20.7 Å². The molecule has 7 heteroatoms. The summed E-state index contributed by atoms with van der Waals surface area (Å²) in [6, 6.07) is 6.46. The molecule has 1 heterocycles. The van der Waals surface area contributed by atoms with Crippen LogP contribution in [-0.2, 0) is 9.59 Å². The molecule has 1 fully saturated rings. The molecule has 3 amide bonds. The van der Waals surface area contributed by atoms with Gasteiger partial charge in [0.25, 0.3) is 5.91 Å². The predicted octanol–water partition coefficient (Wildman–Crippen LogP) is 1.32.